The van der Waals surface area contributed by atoms with E-state index in [0.29, 0.717) is 18.8 Å². The van der Waals surface area contributed by atoms with Gasteiger partial charge in [0.05, 0.1) is 0 Å². The summed E-state index contributed by atoms with van der Waals surface area (Å²) in [5.41, 5.74) is 1.13. The number of alkyl carbamates (subject to hydrolysis) is 1. The van der Waals surface area contributed by atoms with Crippen LogP contribution in [-0.4, -0.2) is 29.3 Å². The Hall–Kier alpha value is -2.04. The lowest BCUT2D eigenvalue weighted by molar-refractivity contribution is -0.139. The molecule has 1 aliphatic carbocycles. The second-order valence-corrected chi connectivity index (χ2v) is 7.70. The Balaban J connectivity index is 2.02. The van der Waals surface area contributed by atoms with E-state index in [4.69, 9.17) is 4.74 Å². The number of aliphatic carboxylic acids is 1. The summed E-state index contributed by atoms with van der Waals surface area (Å²) in [6.45, 7) is 3.87. The number of benzene rings is 1. The Morgan fingerprint density at radius 1 is 1.15 bits per heavy atom. The van der Waals surface area contributed by atoms with Crippen LogP contribution in [0.15, 0.2) is 30.3 Å². The topological polar surface area (TPSA) is 75.6 Å². The average Bonchev–Trinajstić information content (AvgIpc) is 2.62. The Morgan fingerprint density at radius 2 is 1.81 bits per heavy atom. The summed E-state index contributed by atoms with van der Waals surface area (Å²) in [5, 5.41) is 11.9. The van der Waals surface area contributed by atoms with E-state index in [9.17, 15) is 14.7 Å². The fraction of sp³-hybridized carbons (Fsp3) is 0.619. The maximum absolute atomic E-state index is 12.4. The van der Waals surface area contributed by atoms with Crippen molar-refractivity contribution >= 4 is 12.1 Å². The number of rotatable bonds is 8. The molecular formula is C21H31NO4. The van der Waals surface area contributed by atoms with Crippen LogP contribution in [0.25, 0.3) is 0 Å². The van der Waals surface area contributed by atoms with Crippen LogP contribution in [0.4, 0.5) is 4.79 Å². The second kappa shape index (κ2) is 10.2. The van der Waals surface area contributed by atoms with Crippen LogP contribution in [0.2, 0.25) is 0 Å². The van der Waals surface area contributed by atoms with E-state index in [0.717, 1.165) is 31.2 Å². The number of hydrogen-bond donors (Lipinski definition) is 2. The highest BCUT2D eigenvalue weighted by Crippen LogP contribution is 2.30. The van der Waals surface area contributed by atoms with Gasteiger partial charge in [0.25, 0.3) is 0 Å². The third-order valence-corrected chi connectivity index (χ3v) is 5.01. The lowest BCUT2D eigenvalue weighted by atomic mass is 9.83. The van der Waals surface area contributed by atoms with Gasteiger partial charge < -0.3 is 15.2 Å². The van der Waals surface area contributed by atoms with Gasteiger partial charge in [-0.3, -0.25) is 0 Å². The molecule has 2 atom stereocenters. The number of carbonyl (C=O) groups is 2. The molecule has 1 unspecified atom stereocenters. The number of amides is 1. The lowest BCUT2D eigenvalue weighted by Crippen LogP contribution is -2.44. The van der Waals surface area contributed by atoms with Gasteiger partial charge in [0.2, 0.25) is 0 Å². The number of carboxylic acids is 1. The highest BCUT2D eigenvalue weighted by atomic mass is 16.6. The van der Waals surface area contributed by atoms with Crippen LogP contribution in [0.5, 0.6) is 0 Å². The minimum absolute atomic E-state index is 0.176. The van der Waals surface area contributed by atoms with Crippen molar-refractivity contribution in [1.29, 1.82) is 0 Å². The Morgan fingerprint density at radius 3 is 2.38 bits per heavy atom. The largest absolute Gasteiger partial charge is 0.480 e. The van der Waals surface area contributed by atoms with Crippen molar-refractivity contribution in [3.8, 4) is 0 Å². The van der Waals surface area contributed by atoms with Gasteiger partial charge in [-0.15, -0.1) is 0 Å². The van der Waals surface area contributed by atoms with Crippen LogP contribution in [0.1, 0.15) is 57.9 Å². The predicted octanol–water partition coefficient (Wildman–Crippen LogP) is 4.40. The first-order valence-electron chi connectivity index (χ1n) is 9.69. The third kappa shape index (κ3) is 6.70. The van der Waals surface area contributed by atoms with Gasteiger partial charge in [-0.1, -0.05) is 63.4 Å². The monoisotopic (exact) mass is 361 g/mol. The van der Waals surface area contributed by atoms with Crippen molar-refractivity contribution in [1.82, 2.24) is 5.32 Å². The molecule has 1 aromatic carbocycles. The number of hydrogen-bond acceptors (Lipinski definition) is 3. The fourth-order valence-electron chi connectivity index (χ4n) is 3.66. The average molecular weight is 361 g/mol. The van der Waals surface area contributed by atoms with E-state index in [1.54, 1.807) is 0 Å². The zero-order valence-electron chi connectivity index (χ0n) is 15.8. The van der Waals surface area contributed by atoms with Gasteiger partial charge in [0.15, 0.2) is 0 Å². The first-order chi connectivity index (χ1) is 12.5. The molecular weight excluding hydrogens is 330 g/mol. The third-order valence-electron chi connectivity index (χ3n) is 5.01. The van der Waals surface area contributed by atoms with Crippen LogP contribution >= 0.6 is 0 Å². The molecule has 0 radical (unpaired) electrons. The van der Waals surface area contributed by atoms with Crippen molar-refractivity contribution in [3.63, 3.8) is 0 Å². The zero-order valence-corrected chi connectivity index (χ0v) is 15.8. The van der Waals surface area contributed by atoms with E-state index in [1.807, 2.05) is 44.2 Å². The van der Waals surface area contributed by atoms with Gasteiger partial charge >= 0.3 is 12.1 Å². The fourth-order valence-corrected chi connectivity index (χ4v) is 3.66. The van der Waals surface area contributed by atoms with Crippen molar-refractivity contribution in [3.05, 3.63) is 35.9 Å². The summed E-state index contributed by atoms with van der Waals surface area (Å²) in [5.74, 6) is -0.508. The van der Waals surface area contributed by atoms with Gasteiger partial charge in [0, 0.05) is 6.42 Å². The quantitative estimate of drug-likeness (QED) is 0.719. The number of carbonyl (C=O) groups excluding carboxylic acids is 1. The number of ether oxygens (including phenoxy) is 1. The number of nitrogens with one attached hydrogen (secondary N) is 1. The van der Waals surface area contributed by atoms with Crippen LogP contribution < -0.4 is 5.32 Å². The van der Waals surface area contributed by atoms with Crippen LogP contribution in [0.3, 0.4) is 0 Å². The van der Waals surface area contributed by atoms with Crippen LogP contribution in [0, 0.1) is 11.8 Å². The van der Waals surface area contributed by atoms with Gasteiger partial charge in [-0.05, 0) is 36.7 Å². The molecule has 0 aliphatic heterocycles. The van der Waals surface area contributed by atoms with Crippen LogP contribution in [-0.2, 0) is 16.0 Å². The molecule has 5 nitrogen and oxygen atoms in total. The minimum atomic E-state index is -1.02. The molecule has 1 aliphatic rings. The normalized spacial score (nSPS) is 17.5. The first kappa shape index (κ1) is 20.3. The first-order valence-corrected chi connectivity index (χ1v) is 9.69. The molecule has 1 amide bonds. The molecule has 0 heterocycles. The molecule has 1 saturated carbocycles. The number of carboxylic acid groups (broad SMARTS) is 1. The molecule has 0 aromatic heterocycles. The molecule has 1 aromatic rings. The van der Waals surface area contributed by atoms with Gasteiger partial charge in [-0.2, -0.15) is 0 Å². The standard InChI is InChI=1S/C21H31NO4/c1-15(2)13-18(20(23)24)22-21(25)26-19(17-11-7-4-8-12-17)14-16-9-5-3-6-10-16/h3,5-6,9-10,15,17-19H,4,7-8,11-14H2,1-2H3,(H,22,25)(H,23,24)/t18-,19?/m0/s1. The maximum Gasteiger partial charge on any atom is 0.408 e. The zero-order chi connectivity index (χ0) is 18.9. The maximum atomic E-state index is 12.4. The molecule has 26 heavy (non-hydrogen) atoms. The SMILES string of the molecule is CC(C)C[C@H](NC(=O)OC(Cc1ccccc1)C1CCCCC1)C(=O)O. The molecule has 0 spiro atoms. The lowest BCUT2D eigenvalue weighted by Gasteiger charge is -2.30. The van der Waals surface area contributed by atoms with E-state index in [2.05, 4.69) is 5.32 Å². The van der Waals surface area contributed by atoms with Gasteiger partial charge in [-0.25, -0.2) is 9.59 Å². The Labute approximate surface area is 156 Å². The Kier molecular flexibility index (Phi) is 7.95. The van der Waals surface area contributed by atoms with Crippen molar-refractivity contribution in [2.75, 3.05) is 0 Å². The Bertz CT molecular complexity index is 567. The molecule has 144 valence electrons. The van der Waals surface area contributed by atoms with E-state index in [-0.39, 0.29) is 12.0 Å². The molecule has 2 N–H and O–H groups in total. The molecule has 0 bridgehead atoms. The summed E-state index contributed by atoms with van der Waals surface area (Å²) < 4.78 is 5.74. The summed E-state index contributed by atoms with van der Waals surface area (Å²) in [6, 6.07) is 9.10. The van der Waals surface area contributed by atoms with E-state index >= 15 is 0 Å². The van der Waals surface area contributed by atoms with Crippen molar-refractivity contribution in [2.24, 2.45) is 11.8 Å². The highest BCUT2D eigenvalue weighted by molar-refractivity contribution is 5.79. The second-order valence-electron chi connectivity index (χ2n) is 7.70. The molecule has 5 heteroatoms. The summed E-state index contributed by atoms with van der Waals surface area (Å²) >= 11 is 0. The van der Waals surface area contributed by atoms with E-state index < -0.39 is 18.1 Å². The van der Waals surface area contributed by atoms with E-state index in [1.165, 1.54) is 6.42 Å². The highest BCUT2D eigenvalue weighted by Gasteiger charge is 2.29. The summed E-state index contributed by atoms with van der Waals surface area (Å²) in [7, 11) is 0. The minimum Gasteiger partial charge on any atom is -0.480 e. The molecule has 2 rings (SSSR count). The molecule has 1 fully saturated rings. The van der Waals surface area contributed by atoms with Crippen molar-refractivity contribution in [2.45, 2.75) is 70.9 Å². The smallest absolute Gasteiger partial charge is 0.408 e. The van der Waals surface area contributed by atoms with Gasteiger partial charge in [0.1, 0.15) is 12.1 Å². The summed E-state index contributed by atoms with van der Waals surface area (Å²) in [6.07, 6.45) is 5.88. The predicted molar refractivity (Wildman–Crippen MR) is 101 cm³/mol. The molecule has 0 saturated heterocycles. The van der Waals surface area contributed by atoms with Crippen molar-refractivity contribution < 1.29 is 19.4 Å². The summed E-state index contributed by atoms with van der Waals surface area (Å²) in [4.78, 5) is 23.8.